The van der Waals surface area contributed by atoms with Crippen molar-refractivity contribution < 1.29 is 14.4 Å². The fourth-order valence-electron chi connectivity index (χ4n) is 3.56. The number of rotatable bonds is 7. The molecular weight excluding hydrogens is 406 g/mol. The van der Waals surface area contributed by atoms with E-state index in [0.717, 1.165) is 24.8 Å². The third-order valence-electron chi connectivity index (χ3n) is 5.32. The van der Waals surface area contributed by atoms with Gasteiger partial charge in [0.05, 0.1) is 5.92 Å². The van der Waals surface area contributed by atoms with Gasteiger partial charge >= 0.3 is 12.1 Å². The number of hydrogen-bond donors (Lipinski definition) is 4. The summed E-state index contributed by atoms with van der Waals surface area (Å²) in [7, 11) is 0. The molecule has 1 aliphatic heterocycles. The number of hydrogen-bond acceptors (Lipinski definition) is 3. The summed E-state index contributed by atoms with van der Waals surface area (Å²) in [5, 5.41) is 11.3. The van der Waals surface area contributed by atoms with E-state index >= 15 is 0 Å². The molecule has 8 nitrogen and oxygen atoms in total. The lowest BCUT2D eigenvalue weighted by Crippen LogP contribution is -2.46. The lowest BCUT2D eigenvalue weighted by Gasteiger charge is -2.32. The molecule has 3 rings (SSSR count). The molecule has 5 amide bonds. The average Bonchev–Trinajstić information content (AvgIpc) is 2.83. The van der Waals surface area contributed by atoms with Gasteiger partial charge in [0.15, 0.2) is 0 Å². The number of nitrogens with one attached hydrogen (secondary N) is 4. The van der Waals surface area contributed by atoms with Crippen LogP contribution in [0.3, 0.4) is 0 Å². The zero-order valence-corrected chi connectivity index (χ0v) is 18.4. The van der Waals surface area contributed by atoms with Crippen LogP contribution in [0.25, 0.3) is 0 Å². The second-order valence-electron chi connectivity index (χ2n) is 7.88. The predicted molar refractivity (Wildman–Crippen MR) is 125 cm³/mol. The second-order valence-corrected chi connectivity index (χ2v) is 7.88. The standard InChI is InChI=1S/C24H31N5O3/c1-2-14-25-23(31)27-20-10-12-21(13-11-20)28-24(32)29-15-6-9-19(17-29)22(30)26-16-18-7-4-3-5-8-18/h3-5,7-8,10-13,19H,2,6,9,14-17H2,1H3,(H,26,30)(H,28,32)(H2,25,27,31)/t19-/m1/s1. The van der Waals surface area contributed by atoms with Crippen LogP contribution in [-0.4, -0.2) is 42.5 Å². The van der Waals surface area contributed by atoms with Gasteiger partial charge in [-0.05, 0) is 49.1 Å². The van der Waals surface area contributed by atoms with Crippen molar-refractivity contribution in [2.24, 2.45) is 5.92 Å². The van der Waals surface area contributed by atoms with Crippen molar-refractivity contribution in [3.8, 4) is 0 Å². The summed E-state index contributed by atoms with van der Waals surface area (Å²) in [6.07, 6.45) is 2.42. The van der Waals surface area contributed by atoms with Gasteiger partial charge in [0.2, 0.25) is 5.91 Å². The van der Waals surface area contributed by atoms with Crippen molar-refractivity contribution in [3.63, 3.8) is 0 Å². The van der Waals surface area contributed by atoms with E-state index in [0.29, 0.717) is 37.6 Å². The highest BCUT2D eigenvalue weighted by Gasteiger charge is 2.28. The molecule has 4 N–H and O–H groups in total. The number of likely N-dealkylation sites (tertiary alicyclic amines) is 1. The first-order valence-corrected chi connectivity index (χ1v) is 11.1. The minimum atomic E-state index is -0.256. The number of piperidine rings is 1. The molecule has 1 saturated heterocycles. The average molecular weight is 438 g/mol. The Kier molecular flexibility index (Phi) is 8.48. The molecule has 2 aromatic carbocycles. The molecule has 170 valence electrons. The minimum Gasteiger partial charge on any atom is -0.352 e. The van der Waals surface area contributed by atoms with Crippen molar-refractivity contribution in [2.75, 3.05) is 30.3 Å². The topological polar surface area (TPSA) is 103 Å². The van der Waals surface area contributed by atoms with Gasteiger partial charge in [0.1, 0.15) is 0 Å². The number of anilines is 2. The molecule has 1 atom stereocenters. The molecule has 0 radical (unpaired) electrons. The van der Waals surface area contributed by atoms with E-state index in [4.69, 9.17) is 0 Å². The summed E-state index contributed by atoms with van der Waals surface area (Å²) < 4.78 is 0. The molecule has 1 aliphatic rings. The van der Waals surface area contributed by atoms with Gasteiger partial charge in [0, 0.05) is 37.6 Å². The van der Waals surface area contributed by atoms with Crippen LogP contribution in [-0.2, 0) is 11.3 Å². The lowest BCUT2D eigenvalue weighted by molar-refractivity contribution is -0.126. The Balaban J connectivity index is 1.47. The molecule has 0 aliphatic carbocycles. The Hall–Kier alpha value is -3.55. The first kappa shape index (κ1) is 23.1. The van der Waals surface area contributed by atoms with Gasteiger partial charge in [-0.3, -0.25) is 4.79 Å². The van der Waals surface area contributed by atoms with Crippen molar-refractivity contribution in [3.05, 3.63) is 60.2 Å². The van der Waals surface area contributed by atoms with Gasteiger partial charge in [-0.1, -0.05) is 37.3 Å². The van der Waals surface area contributed by atoms with E-state index < -0.39 is 0 Å². The van der Waals surface area contributed by atoms with Crippen LogP contribution in [0.5, 0.6) is 0 Å². The number of amides is 5. The number of nitrogens with zero attached hydrogens (tertiary/aromatic N) is 1. The Morgan fingerprint density at radius 2 is 1.62 bits per heavy atom. The zero-order valence-electron chi connectivity index (χ0n) is 18.4. The third-order valence-corrected chi connectivity index (χ3v) is 5.32. The summed E-state index contributed by atoms with van der Waals surface area (Å²) in [5.41, 5.74) is 2.32. The largest absolute Gasteiger partial charge is 0.352 e. The first-order valence-electron chi connectivity index (χ1n) is 11.1. The molecule has 8 heteroatoms. The molecular formula is C24H31N5O3. The number of benzene rings is 2. The SMILES string of the molecule is CCCNC(=O)Nc1ccc(NC(=O)N2CCC[C@@H](C(=O)NCc3ccccc3)C2)cc1. The van der Waals surface area contributed by atoms with Gasteiger partial charge in [0.25, 0.3) is 0 Å². The summed E-state index contributed by atoms with van der Waals surface area (Å²) in [6, 6.07) is 16.2. The maximum atomic E-state index is 12.7. The van der Waals surface area contributed by atoms with Crippen LogP contribution in [0.1, 0.15) is 31.7 Å². The van der Waals surface area contributed by atoms with Gasteiger partial charge in [-0.25, -0.2) is 9.59 Å². The fraction of sp³-hybridized carbons (Fsp3) is 0.375. The number of urea groups is 2. The van der Waals surface area contributed by atoms with E-state index in [1.54, 1.807) is 29.2 Å². The Morgan fingerprint density at radius 1 is 0.938 bits per heavy atom. The maximum absolute atomic E-state index is 12.7. The molecule has 2 aromatic rings. The van der Waals surface area contributed by atoms with Crippen molar-refractivity contribution in [1.29, 1.82) is 0 Å². The van der Waals surface area contributed by atoms with E-state index in [1.807, 2.05) is 37.3 Å². The van der Waals surface area contributed by atoms with Crippen molar-refractivity contribution in [2.45, 2.75) is 32.7 Å². The van der Waals surface area contributed by atoms with Crippen molar-refractivity contribution >= 4 is 29.3 Å². The summed E-state index contributed by atoms with van der Waals surface area (Å²) >= 11 is 0. The Labute approximate surface area is 188 Å². The molecule has 1 heterocycles. The Bertz CT molecular complexity index is 902. The zero-order chi connectivity index (χ0) is 22.8. The highest BCUT2D eigenvalue weighted by atomic mass is 16.2. The van der Waals surface area contributed by atoms with Gasteiger partial charge in [-0.2, -0.15) is 0 Å². The molecule has 32 heavy (non-hydrogen) atoms. The van der Waals surface area contributed by atoms with Crippen LogP contribution in [0.15, 0.2) is 54.6 Å². The molecule has 1 fully saturated rings. The van der Waals surface area contributed by atoms with Crippen LogP contribution >= 0.6 is 0 Å². The molecule has 0 aromatic heterocycles. The predicted octanol–water partition coefficient (Wildman–Crippen LogP) is 3.78. The van der Waals surface area contributed by atoms with E-state index in [1.165, 1.54) is 0 Å². The molecule has 0 saturated carbocycles. The fourth-order valence-corrected chi connectivity index (χ4v) is 3.56. The first-order chi connectivity index (χ1) is 15.5. The number of carbonyl (C=O) groups is 3. The maximum Gasteiger partial charge on any atom is 0.321 e. The van der Waals surface area contributed by atoms with E-state index in [9.17, 15) is 14.4 Å². The van der Waals surface area contributed by atoms with Crippen LogP contribution in [0, 0.1) is 5.92 Å². The second kappa shape index (κ2) is 11.7. The van der Waals surface area contributed by atoms with E-state index in [2.05, 4.69) is 21.3 Å². The van der Waals surface area contributed by atoms with Crippen LogP contribution < -0.4 is 21.3 Å². The number of carbonyl (C=O) groups excluding carboxylic acids is 3. The van der Waals surface area contributed by atoms with Gasteiger partial charge in [-0.15, -0.1) is 0 Å². The van der Waals surface area contributed by atoms with E-state index in [-0.39, 0.29) is 23.9 Å². The summed E-state index contributed by atoms with van der Waals surface area (Å²) in [6.45, 7) is 4.09. The molecule has 0 unspecified atom stereocenters. The monoisotopic (exact) mass is 437 g/mol. The summed E-state index contributed by atoms with van der Waals surface area (Å²) in [4.78, 5) is 38.7. The van der Waals surface area contributed by atoms with Gasteiger partial charge < -0.3 is 26.2 Å². The quantitative estimate of drug-likeness (QED) is 0.530. The highest BCUT2D eigenvalue weighted by molar-refractivity contribution is 5.92. The molecule has 0 bridgehead atoms. The lowest BCUT2D eigenvalue weighted by atomic mass is 9.97. The Morgan fingerprint density at radius 3 is 2.31 bits per heavy atom. The highest BCUT2D eigenvalue weighted by Crippen LogP contribution is 2.19. The minimum absolute atomic E-state index is 0.0249. The summed E-state index contributed by atoms with van der Waals surface area (Å²) in [5.74, 6) is -0.241. The van der Waals surface area contributed by atoms with Crippen molar-refractivity contribution in [1.82, 2.24) is 15.5 Å². The van der Waals surface area contributed by atoms with Crippen LogP contribution in [0.2, 0.25) is 0 Å². The van der Waals surface area contributed by atoms with Crippen LogP contribution in [0.4, 0.5) is 21.0 Å². The smallest absolute Gasteiger partial charge is 0.321 e. The normalized spacial score (nSPS) is 15.5. The third kappa shape index (κ3) is 7.01. The molecule has 0 spiro atoms.